The maximum Gasteiger partial charge on any atom is 0.243 e. The van der Waals surface area contributed by atoms with E-state index in [1.165, 1.54) is 15.2 Å². The molecule has 2 saturated heterocycles. The molecule has 1 aromatic heterocycles. The summed E-state index contributed by atoms with van der Waals surface area (Å²) in [5.74, 6) is -0.690. The summed E-state index contributed by atoms with van der Waals surface area (Å²) in [6, 6.07) is 7.60. The van der Waals surface area contributed by atoms with Gasteiger partial charge in [-0.15, -0.1) is 11.3 Å². The molecule has 31 heavy (non-hydrogen) atoms. The molecule has 168 valence electrons. The van der Waals surface area contributed by atoms with Gasteiger partial charge in [-0.25, -0.2) is 12.8 Å². The van der Waals surface area contributed by atoms with Gasteiger partial charge < -0.3 is 4.90 Å². The summed E-state index contributed by atoms with van der Waals surface area (Å²) in [6.45, 7) is 4.57. The van der Waals surface area contributed by atoms with Gasteiger partial charge in [0.1, 0.15) is 5.82 Å². The first-order valence-corrected chi connectivity index (χ1v) is 13.0. The molecule has 0 spiro atoms. The number of hydrogen-bond acceptors (Lipinski definition) is 5. The number of rotatable bonds is 5. The number of piperidine rings is 1. The minimum Gasteiger partial charge on any atom is -0.340 e. The normalized spacial score (nSPS) is 19.6. The van der Waals surface area contributed by atoms with Crippen LogP contribution in [0.1, 0.15) is 17.7 Å². The second kappa shape index (κ2) is 9.54. The molecule has 4 rings (SSSR count). The Labute approximate surface area is 191 Å². The van der Waals surface area contributed by atoms with Crippen molar-refractivity contribution in [1.82, 2.24) is 14.1 Å². The average Bonchev–Trinajstić information content (AvgIpc) is 3.29. The smallest absolute Gasteiger partial charge is 0.243 e. The second-order valence-electron chi connectivity index (χ2n) is 7.94. The fourth-order valence-electron chi connectivity index (χ4n) is 4.14. The predicted molar refractivity (Wildman–Crippen MR) is 119 cm³/mol. The van der Waals surface area contributed by atoms with Crippen molar-refractivity contribution in [2.24, 2.45) is 5.92 Å². The van der Waals surface area contributed by atoms with Crippen LogP contribution in [-0.4, -0.2) is 67.7 Å². The van der Waals surface area contributed by atoms with Crippen LogP contribution in [0.15, 0.2) is 40.6 Å². The second-order valence-corrected chi connectivity index (χ2v) is 11.3. The number of benzene rings is 1. The highest BCUT2D eigenvalue weighted by Gasteiger charge is 2.34. The van der Waals surface area contributed by atoms with Crippen LogP contribution in [0.4, 0.5) is 4.39 Å². The van der Waals surface area contributed by atoms with Crippen molar-refractivity contribution in [3.8, 4) is 0 Å². The van der Waals surface area contributed by atoms with E-state index < -0.39 is 15.8 Å². The van der Waals surface area contributed by atoms with Gasteiger partial charge in [0.05, 0.1) is 9.92 Å². The van der Waals surface area contributed by atoms with E-state index in [0.717, 1.165) is 31.8 Å². The van der Waals surface area contributed by atoms with Crippen molar-refractivity contribution >= 4 is 38.9 Å². The number of amides is 1. The van der Waals surface area contributed by atoms with Crippen molar-refractivity contribution in [2.75, 3.05) is 39.3 Å². The Morgan fingerprint density at radius 3 is 2.42 bits per heavy atom. The number of nitrogens with zero attached hydrogens (tertiary/aromatic N) is 3. The maximum absolute atomic E-state index is 13.4. The molecule has 2 aliphatic rings. The zero-order valence-corrected chi connectivity index (χ0v) is 19.4. The average molecular weight is 486 g/mol. The number of piperazine rings is 1. The van der Waals surface area contributed by atoms with Gasteiger partial charge in [-0.2, -0.15) is 4.31 Å². The van der Waals surface area contributed by atoms with E-state index in [4.69, 9.17) is 11.6 Å². The summed E-state index contributed by atoms with van der Waals surface area (Å²) in [4.78, 5) is 18.6. The van der Waals surface area contributed by atoms with E-state index in [1.807, 2.05) is 4.90 Å². The van der Waals surface area contributed by atoms with Gasteiger partial charge in [0, 0.05) is 56.6 Å². The van der Waals surface area contributed by atoms with Gasteiger partial charge in [-0.1, -0.05) is 17.7 Å². The van der Waals surface area contributed by atoms with E-state index >= 15 is 0 Å². The van der Waals surface area contributed by atoms with Gasteiger partial charge in [0.25, 0.3) is 0 Å². The SMILES string of the molecule is O=C(C1CCN(S(=O)(=O)c2ccc(F)c(Cl)c2)CC1)N1CCN(Cc2cccs2)CC1. The molecule has 2 aromatic rings. The third kappa shape index (κ3) is 5.12. The zero-order chi connectivity index (χ0) is 22.0. The van der Waals surface area contributed by atoms with Crippen LogP contribution in [0.2, 0.25) is 5.02 Å². The minimum atomic E-state index is -3.76. The summed E-state index contributed by atoms with van der Waals surface area (Å²) in [5, 5.41) is 1.86. The molecule has 1 aromatic carbocycles. The summed E-state index contributed by atoms with van der Waals surface area (Å²) < 4.78 is 40.4. The number of carbonyl (C=O) groups excluding carboxylic acids is 1. The fraction of sp³-hybridized carbons (Fsp3) is 0.476. The summed E-state index contributed by atoms with van der Waals surface area (Å²) in [6.07, 6.45) is 0.977. The highest BCUT2D eigenvalue weighted by molar-refractivity contribution is 7.89. The monoisotopic (exact) mass is 485 g/mol. The molecular weight excluding hydrogens is 461 g/mol. The van der Waals surface area contributed by atoms with Crippen molar-refractivity contribution in [2.45, 2.75) is 24.3 Å². The largest absolute Gasteiger partial charge is 0.340 e. The molecule has 0 radical (unpaired) electrons. The number of halogens is 2. The minimum absolute atomic E-state index is 0.0226. The summed E-state index contributed by atoms with van der Waals surface area (Å²) in [7, 11) is -3.76. The van der Waals surface area contributed by atoms with Crippen molar-refractivity contribution < 1.29 is 17.6 Å². The Kier molecular flexibility index (Phi) is 6.98. The van der Waals surface area contributed by atoms with E-state index in [-0.39, 0.29) is 34.8 Å². The van der Waals surface area contributed by atoms with E-state index in [9.17, 15) is 17.6 Å². The number of sulfonamides is 1. The van der Waals surface area contributed by atoms with Crippen molar-refractivity contribution in [3.05, 3.63) is 51.4 Å². The van der Waals surface area contributed by atoms with Crippen molar-refractivity contribution in [1.29, 1.82) is 0 Å². The first kappa shape index (κ1) is 22.7. The lowest BCUT2D eigenvalue weighted by molar-refractivity contribution is -0.138. The Hall–Kier alpha value is -1.52. The molecule has 0 N–H and O–H groups in total. The van der Waals surface area contributed by atoms with Crippen molar-refractivity contribution in [3.63, 3.8) is 0 Å². The van der Waals surface area contributed by atoms with Crippen LogP contribution >= 0.6 is 22.9 Å². The molecule has 2 aliphatic heterocycles. The lowest BCUT2D eigenvalue weighted by Crippen LogP contribution is -2.51. The lowest BCUT2D eigenvalue weighted by atomic mass is 9.96. The molecule has 0 saturated carbocycles. The Bertz CT molecular complexity index is 1020. The van der Waals surface area contributed by atoms with Crippen LogP contribution in [0, 0.1) is 11.7 Å². The fourth-order valence-corrected chi connectivity index (χ4v) is 6.62. The molecule has 1 amide bonds. The van der Waals surface area contributed by atoms with E-state index in [2.05, 4.69) is 22.4 Å². The maximum atomic E-state index is 13.4. The van der Waals surface area contributed by atoms with Crippen LogP contribution in [0.5, 0.6) is 0 Å². The third-order valence-corrected chi connectivity index (χ3v) is 9.02. The van der Waals surface area contributed by atoms with Crippen LogP contribution < -0.4 is 0 Å². The molecule has 6 nitrogen and oxygen atoms in total. The van der Waals surface area contributed by atoms with Gasteiger partial charge in [0.15, 0.2) is 0 Å². The first-order chi connectivity index (χ1) is 14.8. The molecule has 10 heteroatoms. The molecule has 3 heterocycles. The highest BCUT2D eigenvalue weighted by Crippen LogP contribution is 2.27. The number of hydrogen-bond donors (Lipinski definition) is 0. The quantitative estimate of drug-likeness (QED) is 0.652. The van der Waals surface area contributed by atoms with E-state index in [1.54, 1.807) is 11.3 Å². The standard InChI is InChI=1S/C21H25ClFN3O3S2/c22-19-14-18(3-4-20(19)23)31(28,29)26-7-5-16(6-8-26)21(27)25-11-9-24(10-12-25)15-17-2-1-13-30-17/h1-4,13-14,16H,5-12,15H2. The molecule has 0 atom stereocenters. The number of carbonyl (C=O) groups is 1. The molecule has 0 aliphatic carbocycles. The molecule has 2 fully saturated rings. The predicted octanol–water partition coefficient (Wildman–Crippen LogP) is 3.29. The highest BCUT2D eigenvalue weighted by atomic mass is 35.5. The number of thiophene rings is 1. The molecular formula is C21H25ClFN3O3S2. The molecule has 0 unspecified atom stereocenters. The Morgan fingerprint density at radius 1 is 1.10 bits per heavy atom. The van der Waals surface area contributed by atoms with Gasteiger partial charge >= 0.3 is 0 Å². The van der Waals surface area contributed by atoms with Crippen LogP contribution in [-0.2, 0) is 21.4 Å². The van der Waals surface area contributed by atoms with Gasteiger partial charge in [0.2, 0.25) is 15.9 Å². The Balaban J connectivity index is 1.29. The zero-order valence-electron chi connectivity index (χ0n) is 17.0. The topological polar surface area (TPSA) is 60.9 Å². The first-order valence-electron chi connectivity index (χ1n) is 10.3. The van der Waals surface area contributed by atoms with Gasteiger partial charge in [-0.3, -0.25) is 9.69 Å². The van der Waals surface area contributed by atoms with Gasteiger partial charge in [-0.05, 0) is 42.5 Å². The van der Waals surface area contributed by atoms with Crippen LogP contribution in [0.3, 0.4) is 0 Å². The lowest BCUT2D eigenvalue weighted by Gasteiger charge is -2.38. The third-order valence-electron chi connectivity index (χ3n) is 5.98. The summed E-state index contributed by atoms with van der Waals surface area (Å²) in [5.41, 5.74) is 0. The molecule has 0 bridgehead atoms. The van der Waals surface area contributed by atoms with E-state index in [0.29, 0.717) is 25.9 Å². The van der Waals surface area contributed by atoms with Crippen LogP contribution in [0.25, 0.3) is 0 Å². The summed E-state index contributed by atoms with van der Waals surface area (Å²) >= 11 is 7.49. The Morgan fingerprint density at radius 2 is 1.81 bits per heavy atom.